The molecule has 3 rings (SSSR count). The first kappa shape index (κ1) is 18.0. The number of rotatable bonds is 4. The van der Waals surface area contributed by atoms with E-state index in [1.165, 1.54) is 12.3 Å². The van der Waals surface area contributed by atoms with Crippen LogP contribution in [0.2, 0.25) is 5.15 Å². The summed E-state index contributed by atoms with van der Waals surface area (Å²) in [6.07, 6.45) is 1.50. The number of hydrogen-bond acceptors (Lipinski definition) is 4. The quantitative estimate of drug-likeness (QED) is 0.506. The molecule has 0 aliphatic heterocycles. The number of nitrogen functional groups attached to an aromatic ring is 1. The molecule has 3 aromatic rings. The summed E-state index contributed by atoms with van der Waals surface area (Å²) in [6.45, 7) is 0. The fraction of sp³-hybridized carbons (Fsp3) is 0. The number of primary sulfonamides is 1. The second-order valence-electron chi connectivity index (χ2n) is 5.60. The number of hydrogen-bond donors (Lipinski definition) is 4. The minimum atomic E-state index is -4.31. The highest BCUT2D eigenvalue weighted by atomic mass is 35.5. The molecule has 7 nitrogen and oxygen atoms in total. The smallest absolute Gasteiger partial charge is 0.252 e. The molecule has 0 fully saturated rings. The number of halogens is 1. The van der Waals surface area contributed by atoms with Gasteiger partial charge in [-0.15, -0.1) is 0 Å². The second kappa shape index (κ2) is 6.49. The first-order chi connectivity index (χ1) is 12.2. The topological polar surface area (TPSA) is 145 Å². The van der Waals surface area contributed by atoms with Gasteiger partial charge in [-0.1, -0.05) is 41.9 Å². The van der Waals surface area contributed by atoms with Crippen LogP contribution in [0.1, 0.15) is 10.4 Å². The third-order valence-corrected chi connectivity index (χ3v) is 5.11. The van der Waals surface area contributed by atoms with Gasteiger partial charge in [0.15, 0.2) is 0 Å². The molecule has 0 saturated heterocycles. The summed E-state index contributed by atoms with van der Waals surface area (Å²) >= 11 is 5.91. The van der Waals surface area contributed by atoms with Crippen LogP contribution in [0, 0.1) is 0 Å². The zero-order valence-corrected chi connectivity index (χ0v) is 14.9. The molecular formula is C17H15ClN4O3S. The van der Waals surface area contributed by atoms with Crippen LogP contribution in [0.25, 0.3) is 22.3 Å². The molecule has 7 N–H and O–H groups in total. The van der Waals surface area contributed by atoms with Crippen molar-refractivity contribution in [3.63, 3.8) is 0 Å². The van der Waals surface area contributed by atoms with Crippen LogP contribution in [-0.4, -0.2) is 19.3 Å². The Morgan fingerprint density at radius 2 is 1.69 bits per heavy atom. The molecule has 0 radical (unpaired) electrons. The summed E-state index contributed by atoms with van der Waals surface area (Å²) in [6, 6.07) is 12.0. The van der Waals surface area contributed by atoms with Crippen molar-refractivity contribution in [2.45, 2.75) is 4.90 Å². The maximum Gasteiger partial charge on any atom is 0.252 e. The number of carbonyl (C=O) groups excluding carboxylic acids is 1. The van der Waals surface area contributed by atoms with Gasteiger partial charge in [-0.2, -0.15) is 0 Å². The number of benzene rings is 2. The summed E-state index contributed by atoms with van der Waals surface area (Å²) in [5.41, 5.74) is 12.9. The van der Waals surface area contributed by atoms with E-state index in [0.29, 0.717) is 21.8 Å². The monoisotopic (exact) mass is 390 g/mol. The molecule has 0 bridgehead atoms. The molecule has 0 aliphatic rings. The average Bonchev–Trinajstić information content (AvgIpc) is 3.00. The molecule has 0 unspecified atom stereocenters. The zero-order valence-electron chi connectivity index (χ0n) is 13.4. The zero-order chi connectivity index (χ0) is 19.1. The fourth-order valence-corrected chi connectivity index (χ4v) is 3.96. The highest BCUT2D eigenvalue weighted by molar-refractivity contribution is 7.89. The minimum Gasteiger partial charge on any atom is -0.398 e. The highest BCUT2D eigenvalue weighted by Crippen LogP contribution is 2.40. The minimum absolute atomic E-state index is 0.0573. The largest absolute Gasteiger partial charge is 0.398 e. The van der Waals surface area contributed by atoms with Gasteiger partial charge in [0.1, 0.15) is 10.0 Å². The standard InChI is InChI=1S/C17H15ClN4O3S/c18-13-6-10(8-22-13)12-7-11(9-4-2-1-3-5-9)15(19)14(17(20)23)16(12)26(21,24)25/h1-8,22H,19H2,(H2,20,23)(H2,21,24,25). The Balaban J connectivity index is 2.49. The Kier molecular flexibility index (Phi) is 4.49. The number of primary amides is 1. The second-order valence-corrected chi connectivity index (χ2v) is 7.51. The van der Waals surface area contributed by atoms with Crippen LogP contribution >= 0.6 is 11.6 Å². The number of nitrogens with two attached hydrogens (primary N) is 3. The fourth-order valence-electron chi connectivity index (χ4n) is 2.81. The summed E-state index contributed by atoms with van der Waals surface area (Å²) in [5, 5.41) is 5.65. The maximum absolute atomic E-state index is 12.2. The normalized spacial score (nSPS) is 11.5. The Hall–Kier alpha value is -2.81. The Morgan fingerprint density at radius 3 is 2.19 bits per heavy atom. The molecule has 1 heterocycles. The van der Waals surface area contributed by atoms with E-state index in [9.17, 15) is 13.2 Å². The lowest BCUT2D eigenvalue weighted by Gasteiger charge is -2.17. The highest BCUT2D eigenvalue weighted by Gasteiger charge is 2.28. The number of nitrogens with one attached hydrogen (secondary N) is 1. The molecule has 0 aliphatic carbocycles. The van der Waals surface area contributed by atoms with E-state index in [4.69, 9.17) is 28.2 Å². The number of amides is 1. The summed E-state index contributed by atoms with van der Waals surface area (Å²) in [4.78, 5) is 14.4. The van der Waals surface area contributed by atoms with Gasteiger partial charge in [0, 0.05) is 22.9 Å². The van der Waals surface area contributed by atoms with Gasteiger partial charge >= 0.3 is 0 Å². The van der Waals surface area contributed by atoms with Gasteiger partial charge in [0.05, 0.1) is 11.3 Å². The number of sulfonamides is 1. The van der Waals surface area contributed by atoms with Crippen molar-refractivity contribution < 1.29 is 13.2 Å². The lowest BCUT2D eigenvalue weighted by Crippen LogP contribution is -2.23. The predicted molar refractivity (Wildman–Crippen MR) is 101 cm³/mol. The van der Waals surface area contributed by atoms with Gasteiger partial charge < -0.3 is 16.5 Å². The SMILES string of the molecule is NC(=O)c1c(N)c(-c2ccccc2)cc(-c2c[nH]c(Cl)c2)c1S(N)(=O)=O. The van der Waals surface area contributed by atoms with Crippen molar-refractivity contribution in [3.8, 4) is 22.3 Å². The van der Waals surface area contributed by atoms with Crippen LogP contribution in [0.3, 0.4) is 0 Å². The van der Waals surface area contributed by atoms with Crippen molar-refractivity contribution in [3.05, 3.63) is 59.4 Å². The molecule has 26 heavy (non-hydrogen) atoms. The maximum atomic E-state index is 12.2. The van der Waals surface area contributed by atoms with E-state index in [1.807, 2.05) is 6.07 Å². The number of aromatic amines is 1. The van der Waals surface area contributed by atoms with Gasteiger partial charge in [-0.05, 0) is 17.7 Å². The molecule has 9 heteroatoms. The third kappa shape index (κ3) is 3.17. The van der Waals surface area contributed by atoms with Crippen LogP contribution in [0.15, 0.2) is 53.6 Å². The van der Waals surface area contributed by atoms with Gasteiger partial charge in [0.25, 0.3) is 5.91 Å². The summed E-state index contributed by atoms with van der Waals surface area (Å²) in [7, 11) is -4.31. The Labute approximate surface area is 154 Å². The van der Waals surface area contributed by atoms with Crippen molar-refractivity contribution in [2.24, 2.45) is 10.9 Å². The number of H-pyrrole nitrogens is 1. The average molecular weight is 391 g/mol. The van der Waals surface area contributed by atoms with E-state index in [0.717, 1.165) is 0 Å². The molecule has 0 atom stereocenters. The van der Waals surface area contributed by atoms with Crippen LogP contribution < -0.4 is 16.6 Å². The number of anilines is 1. The van der Waals surface area contributed by atoms with Crippen LogP contribution in [0.4, 0.5) is 5.69 Å². The molecule has 134 valence electrons. The van der Waals surface area contributed by atoms with Crippen LogP contribution in [0.5, 0.6) is 0 Å². The molecule has 0 saturated carbocycles. The van der Waals surface area contributed by atoms with Crippen molar-refractivity contribution in [2.75, 3.05) is 5.73 Å². The van der Waals surface area contributed by atoms with E-state index < -0.39 is 20.8 Å². The molecular weight excluding hydrogens is 376 g/mol. The Bertz CT molecular complexity index is 1110. The van der Waals surface area contributed by atoms with Crippen molar-refractivity contribution in [1.29, 1.82) is 0 Å². The van der Waals surface area contributed by atoms with E-state index in [1.54, 1.807) is 30.3 Å². The van der Waals surface area contributed by atoms with Crippen LogP contribution in [-0.2, 0) is 10.0 Å². The van der Waals surface area contributed by atoms with Crippen molar-refractivity contribution in [1.82, 2.24) is 4.98 Å². The van der Waals surface area contributed by atoms with E-state index in [-0.39, 0.29) is 16.8 Å². The number of aromatic nitrogens is 1. The van der Waals surface area contributed by atoms with E-state index in [2.05, 4.69) is 4.98 Å². The molecule has 1 amide bonds. The summed E-state index contributed by atoms with van der Waals surface area (Å²) in [5.74, 6) is -0.993. The first-order valence-corrected chi connectivity index (χ1v) is 9.31. The molecule has 1 aromatic heterocycles. The molecule has 0 spiro atoms. The predicted octanol–water partition coefficient (Wildman–Crippen LogP) is 2.33. The number of carbonyl (C=O) groups is 1. The lowest BCUT2D eigenvalue weighted by atomic mass is 9.94. The summed E-state index contributed by atoms with van der Waals surface area (Å²) < 4.78 is 24.5. The van der Waals surface area contributed by atoms with Gasteiger partial charge in [0.2, 0.25) is 10.0 Å². The van der Waals surface area contributed by atoms with Gasteiger partial charge in [-0.3, -0.25) is 4.79 Å². The molecule has 2 aromatic carbocycles. The first-order valence-electron chi connectivity index (χ1n) is 7.39. The Morgan fingerprint density at radius 1 is 1.04 bits per heavy atom. The lowest BCUT2D eigenvalue weighted by molar-refractivity contribution is 0.0998. The van der Waals surface area contributed by atoms with Crippen molar-refractivity contribution >= 4 is 33.2 Å². The third-order valence-electron chi connectivity index (χ3n) is 3.89. The van der Waals surface area contributed by atoms with E-state index >= 15 is 0 Å². The van der Waals surface area contributed by atoms with Gasteiger partial charge in [-0.25, -0.2) is 13.6 Å².